The van der Waals surface area contributed by atoms with Crippen LogP contribution in [0.15, 0.2) is 35.9 Å². The van der Waals surface area contributed by atoms with Gasteiger partial charge in [0, 0.05) is 17.2 Å². The van der Waals surface area contributed by atoms with Gasteiger partial charge in [0.2, 0.25) is 0 Å². The lowest BCUT2D eigenvalue weighted by atomic mass is 10.0. The molecular weight excluding hydrogens is 346 g/mol. The van der Waals surface area contributed by atoms with Crippen LogP contribution >= 0.6 is 0 Å². The van der Waals surface area contributed by atoms with E-state index >= 15 is 0 Å². The number of allylic oxidation sites excluding steroid dienone is 1. The summed E-state index contributed by atoms with van der Waals surface area (Å²) in [5, 5.41) is 0. The summed E-state index contributed by atoms with van der Waals surface area (Å²) in [5.74, 6) is 2.28. The summed E-state index contributed by atoms with van der Waals surface area (Å²) in [4.78, 5) is 12.8. The summed E-state index contributed by atoms with van der Waals surface area (Å²) in [6.07, 6.45) is 1.77. The Balaban J connectivity index is 1.93. The second-order valence-corrected chi connectivity index (χ2v) is 6.08. The summed E-state index contributed by atoms with van der Waals surface area (Å²) in [7, 11) is 1.58. The van der Waals surface area contributed by atoms with Gasteiger partial charge in [-0.2, -0.15) is 0 Å². The van der Waals surface area contributed by atoms with Crippen molar-refractivity contribution in [2.24, 2.45) is 0 Å². The van der Waals surface area contributed by atoms with Crippen molar-refractivity contribution < 1.29 is 23.7 Å². The predicted molar refractivity (Wildman–Crippen MR) is 104 cm³/mol. The second kappa shape index (κ2) is 8.03. The zero-order chi connectivity index (χ0) is 19.4. The molecule has 2 N–H and O–H groups in total. The number of rotatable bonds is 6. The van der Waals surface area contributed by atoms with E-state index in [9.17, 15) is 4.79 Å². The van der Waals surface area contributed by atoms with Gasteiger partial charge in [-0.3, -0.25) is 4.79 Å². The average Bonchev–Trinajstić information content (AvgIpc) is 2.68. The summed E-state index contributed by atoms with van der Waals surface area (Å²) in [6, 6.07) is 8.63. The van der Waals surface area contributed by atoms with Crippen LogP contribution < -0.4 is 24.7 Å². The topological polar surface area (TPSA) is 80.0 Å². The molecule has 0 fully saturated rings. The molecule has 0 spiro atoms. The average molecular weight is 369 g/mol. The van der Waals surface area contributed by atoms with E-state index in [-0.39, 0.29) is 5.78 Å². The maximum Gasteiger partial charge on any atom is 0.188 e. The Morgan fingerprint density at radius 3 is 2.52 bits per heavy atom. The number of nitrogens with two attached hydrogens (primary N) is 1. The first-order chi connectivity index (χ1) is 13.0. The molecule has 6 heteroatoms. The predicted octanol–water partition coefficient (Wildman–Crippen LogP) is 3.73. The van der Waals surface area contributed by atoms with Crippen LogP contribution in [0.2, 0.25) is 0 Å². The lowest BCUT2D eigenvalue weighted by Crippen LogP contribution is -2.15. The Morgan fingerprint density at radius 2 is 1.85 bits per heavy atom. The maximum absolute atomic E-state index is 12.8. The van der Waals surface area contributed by atoms with Gasteiger partial charge in [-0.1, -0.05) is 0 Å². The van der Waals surface area contributed by atoms with E-state index < -0.39 is 0 Å². The van der Waals surface area contributed by atoms with Gasteiger partial charge in [0.05, 0.1) is 19.4 Å². The quantitative estimate of drug-likeness (QED) is 0.475. The lowest BCUT2D eigenvalue weighted by Gasteiger charge is -2.20. The minimum absolute atomic E-state index is 0.118. The third-order valence-corrected chi connectivity index (χ3v) is 4.20. The van der Waals surface area contributed by atoms with Crippen molar-refractivity contribution in [1.29, 1.82) is 0 Å². The van der Waals surface area contributed by atoms with Gasteiger partial charge in [0.25, 0.3) is 0 Å². The number of anilines is 1. The lowest BCUT2D eigenvalue weighted by molar-refractivity contribution is 0.103. The smallest absolute Gasteiger partial charge is 0.188 e. The largest absolute Gasteiger partial charge is 0.496 e. The van der Waals surface area contributed by atoms with Gasteiger partial charge in [0.15, 0.2) is 17.3 Å². The highest BCUT2D eigenvalue weighted by Gasteiger charge is 2.17. The number of fused-ring (bicyclic) bond motifs is 1. The number of hydrogen-bond donors (Lipinski definition) is 1. The van der Waals surface area contributed by atoms with Gasteiger partial charge in [-0.15, -0.1) is 0 Å². The number of nitrogen functional groups attached to an aromatic ring is 1. The van der Waals surface area contributed by atoms with Crippen molar-refractivity contribution in [1.82, 2.24) is 0 Å². The molecule has 2 aromatic carbocycles. The monoisotopic (exact) mass is 369 g/mol. The third-order valence-electron chi connectivity index (χ3n) is 4.20. The molecule has 3 rings (SSSR count). The Labute approximate surface area is 158 Å². The van der Waals surface area contributed by atoms with E-state index in [0.717, 1.165) is 5.56 Å². The van der Waals surface area contributed by atoms with Gasteiger partial charge in [0.1, 0.15) is 24.7 Å². The Morgan fingerprint density at radius 1 is 1.15 bits per heavy atom. The minimum atomic E-state index is -0.118. The second-order valence-electron chi connectivity index (χ2n) is 6.08. The van der Waals surface area contributed by atoms with Crippen LogP contribution in [-0.4, -0.2) is 32.7 Å². The maximum atomic E-state index is 12.8. The summed E-state index contributed by atoms with van der Waals surface area (Å²) >= 11 is 0. The van der Waals surface area contributed by atoms with Crippen LogP contribution in [-0.2, 0) is 0 Å². The van der Waals surface area contributed by atoms with Crippen LogP contribution in [0.1, 0.15) is 29.8 Å². The van der Waals surface area contributed by atoms with Crippen molar-refractivity contribution in [2.75, 3.05) is 32.7 Å². The molecule has 0 unspecified atom stereocenters. The van der Waals surface area contributed by atoms with Crippen molar-refractivity contribution in [3.63, 3.8) is 0 Å². The fourth-order valence-electron chi connectivity index (χ4n) is 2.86. The Bertz CT molecular complexity index is 888. The van der Waals surface area contributed by atoms with E-state index in [0.29, 0.717) is 59.6 Å². The number of hydrogen-bond acceptors (Lipinski definition) is 6. The molecule has 6 nitrogen and oxygen atoms in total. The molecule has 27 heavy (non-hydrogen) atoms. The van der Waals surface area contributed by atoms with Gasteiger partial charge in [-0.25, -0.2) is 0 Å². The fraction of sp³-hybridized carbons (Fsp3) is 0.286. The summed E-state index contributed by atoms with van der Waals surface area (Å²) in [6.45, 7) is 5.10. The van der Waals surface area contributed by atoms with Gasteiger partial charge < -0.3 is 24.7 Å². The first kappa shape index (κ1) is 18.6. The Kier molecular flexibility index (Phi) is 5.54. The molecule has 0 atom stereocenters. The van der Waals surface area contributed by atoms with E-state index in [4.69, 9.17) is 24.7 Å². The molecule has 142 valence electrons. The van der Waals surface area contributed by atoms with Crippen LogP contribution in [0.4, 0.5) is 5.69 Å². The van der Waals surface area contributed by atoms with Gasteiger partial charge in [-0.05, 0) is 49.8 Å². The molecule has 2 aromatic rings. The number of ketones is 1. The number of carbonyl (C=O) groups excluding carboxylic acids is 1. The molecular formula is C21H23NO5. The van der Waals surface area contributed by atoms with Gasteiger partial charge >= 0.3 is 0 Å². The molecule has 0 bridgehead atoms. The zero-order valence-electron chi connectivity index (χ0n) is 15.7. The molecule has 0 aliphatic carbocycles. The van der Waals surface area contributed by atoms with E-state index in [1.807, 2.05) is 13.0 Å². The highest BCUT2D eigenvalue weighted by Crippen LogP contribution is 2.37. The number of methoxy groups -OCH3 is 1. The van der Waals surface area contributed by atoms with Crippen molar-refractivity contribution >= 4 is 17.5 Å². The van der Waals surface area contributed by atoms with Crippen molar-refractivity contribution in [2.45, 2.75) is 13.8 Å². The fourth-order valence-corrected chi connectivity index (χ4v) is 2.86. The molecule has 0 aromatic heterocycles. The first-order valence-electron chi connectivity index (χ1n) is 8.76. The summed E-state index contributed by atoms with van der Waals surface area (Å²) < 4.78 is 22.1. The Hall–Kier alpha value is -3.15. The normalized spacial score (nSPS) is 13.2. The van der Waals surface area contributed by atoms with Crippen LogP contribution in [0, 0.1) is 0 Å². The summed E-state index contributed by atoms with van der Waals surface area (Å²) in [5.41, 5.74) is 8.20. The standard InChI is InChI=1S/C21H23NO5/c1-4-25-18-10-14(5-6-16(18)22)21(23)13(2)9-15-11-19-20(12-17(15)24-3)27-8-7-26-19/h5-6,9-12H,4,7-8,22H2,1-3H3. The first-order valence-corrected chi connectivity index (χ1v) is 8.76. The molecule has 0 amide bonds. The van der Waals surface area contributed by atoms with Crippen molar-refractivity contribution in [3.05, 3.63) is 47.0 Å². The highest BCUT2D eigenvalue weighted by molar-refractivity contribution is 6.11. The van der Waals surface area contributed by atoms with Crippen LogP contribution in [0.5, 0.6) is 23.0 Å². The van der Waals surface area contributed by atoms with E-state index in [1.54, 1.807) is 44.4 Å². The third kappa shape index (κ3) is 4.00. The molecule has 1 heterocycles. The van der Waals surface area contributed by atoms with E-state index in [1.165, 1.54) is 0 Å². The number of benzene rings is 2. The van der Waals surface area contributed by atoms with E-state index in [2.05, 4.69) is 0 Å². The molecule has 1 aliphatic heterocycles. The van der Waals surface area contributed by atoms with Crippen molar-refractivity contribution in [3.8, 4) is 23.0 Å². The molecule has 0 radical (unpaired) electrons. The molecule has 0 saturated carbocycles. The zero-order valence-corrected chi connectivity index (χ0v) is 15.7. The number of ether oxygens (including phenoxy) is 4. The highest BCUT2D eigenvalue weighted by atomic mass is 16.6. The van der Waals surface area contributed by atoms with Crippen LogP contribution in [0.25, 0.3) is 6.08 Å². The number of carbonyl (C=O) groups is 1. The molecule has 0 saturated heterocycles. The SMILES string of the molecule is CCOc1cc(C(=O)C(C)=Cc2cc3c(cc2OC)OCCO3)ccc1N. The molecule has 1 aliphatic rings. The number of Topliss-reactive ketones (excluding diaryl/α,β-unsaturated/α-hetero) is 1. The van der Waals surface area contributed by atoms with Crippen LogP contribution in [0.3, 0.4) is 0 Å². The minimum Gasteiger partial charge on any atom is -0.496 e.